The molecule has 112 valence electrons. The topological polar surface area (TPSA) is 72.5 Å². The van der Waals surface area contributed by atoms with Crippen LogP contribution in [0.25, 0.3) is 5.70 Å². The van der Waals surface area contributed by atoms with Gasteiger partial charge in [0.05, 0.1) is 5.70 Å². The lowest BCUT2D eigenvalue weighted by Gasteiger charge is -2.25. The highest BCUT2D eigenvalue weighted by molar-refractivity contribution is 5.82. The Morgan fingerprint density at radius 1 is 1.14 bits per heavy atom. The SMILES string of the molecule is C=C(NNC(=O)[C@@H]1COc2ccccc2O1)c1ccncc1. The van der Waals surface area contributed by atoms with Crippen molar-refractivity contribution in [3.05, 3.63) is 60.9 Å². The highest BCUT2D eigenvalue weighted by Crippen LogP contribution is 2.30. The van der Waals surface area contributed by atoms with E-state index in [0.717, 1.165) is 5.56 Å². The third kappa shape index (κ3) is 3.01. The number of rotatable bonds is 4. The molecule has 3 rings (SSSR count). The number of fused-ring (bicyclic) bond motifs is 1. The first-order valence-electron chi connectivity index (χ1n) is 6.77. The zero-order valence-corrected chi connectivity index (χ0v) is 11.8. The van der Waals surface area contributed by atoms with Crippen molar-refractivity contribution in [2.24, 2.45) is 0 Å². The molecular weight excluding hydrogens is 282 g/mol. The maximum atomic E-state index is 12.1. The zero-order chi connectivity index (χ0) is 15.4. The smallest absolute Gasteiger partial charge is 0.282 e. The molecule has 2 heterocycles. The number of hydrazine groups is 1. The summed E-state index contributed by atoms with van der Waals surface area (Å²) in [7, 11) is 0. The Labute approximate surface area is 127 Å². The van der Waals surface area contributed by atoms with Gasteiger partial charge in [-0.25, -0.2) is 0 Å². The molecule has 1 aromatic carbocycles. The Kier molecular flexibility index (Phi) is 3.91. The van der Waals surface area contributed by atoms with Crippen molar-refractivity contribution in [3.63, 3.8) is 0 Å². The molecule has 1 aliphatic heterocycles. The van der Waals surface area contributed by atoms with Crippen LogP contribution < -0.4 is 20.3 Å². The van der Waals surface area contributed by atoms with E-state index in [1.165, 1.54) is 0 Å². The number of aromatic nitrogens is 1. The number of carbonyl (C=O) groups is 1. The summed E-state index contributed by atoms with van der Waals surface area (Å²) in [6.45, 7) is 4.01. The van der Waals surface area contributed by atoms with Crippen LogP contribution in [0.5, 0.6) is 11.5 Å². The molecule has 2 N–H and O–H groups in total. The summed E-state index contributed by atoms with van der Waals surface area (Å²) in [4.78, 5) is 16.0. The van der Waals surface area contributed by atoms with E-state index in [1.807, 2.05) is 12.1 Å². The van der Waals surface area contributed by atoms with E-state index in [9.17, 15) is 4.79 Å². The van der Waals surface area contributed by atoms with Crippen molar-refractivity contribution >= 4 is 11.6 Å². The Balaban J connectivity index is 1.56. The number of hydrogen-bond donors (Lipinski definition) is 2. The van der Waals surface area contributed by atoms with E-state index in [-0.39, 0.29) is 12.5 Å². The Morgan fingerprint density at radius 2 is 1.86 bits per heavy atom. The molecule has 0 spiro atoms. The Hall–Kier alpha value is -3.02. The van der Waals surface area contributed by atoms with Gasteiger partial charge in [-0.05, 0) is 24.3 Å². The number of amides is 1. The first-order chi connectivity index (χ1) is 10.7. The molecule has 1 aromatic heterocycles. The van der Waals surface area contributed by atoms with E-state index < -0.39 is 6.10 Å². The van der Waals surface area contributed by atoms with Gasteiger partial charge < -0.3 is 9.47 Å². The lowest BCUT2D eigenvalue weighted by atomic mass is 10.2. The van der Waals surface area contributed by atoms with Gasteiger partial charge in [-0.3, -0.25) is 20.6 Å². The minimum absolute atomic E-state index is 0.159. The van der Waals surface area contributed by atoms with Crippen LogP contribution in [0, 0.1) is 0 Å². The van der Waals surface area contributed by atoms with Crippen LogP contribution >= 0.6 is 0 Å². The number of nitrogens with one attached hydrogen (secondary N) is 2. The van der Waals surface area contributed by atoms with Gasteiger partial charge >= 0.3 is 0 Å². The summed E-state index contributed by atoms with van der Waals surface area (Å²) < 4.78 is 11.1. The van der Waals surface area contributed by atoms with Crippen LogP contribution in [0.4, 0.5) is 0 Å². The highest BCUT2D eigenvalue weighted by Gasteiger charge is 2.27. The summed E-state index contributed by atoms with van der Waals surface area (Å²) in [5.74, 6) is 0.868. The lowest BCUT2D eigenvalue weighted by Crippen LogP contribution is -2.48. The molecule has 22 heavy (non-hydrogen) atoms. The van der Waals surface area contributed by atoms with Gasteiger partial charge in [0.2, 0.25) is 6.10 Å². The summed E-state index contributed by atoms with van der Waals surface area (Å²) in [5.41, 5.74) is 6.73. The number of para-hydroxylation sites is 2. The Bertz CT molecular complexity index is 688. The van der Waals surface area contributed by atoms with Gasteiger partial charge in [-0.15, -0.1) is 0 Å². The molecule has 6 heteroatoms. The number of pyridine rings is 1. The average molecular weight is 297 g/mol. The second-order valence-corrected chi connectivity index (χ2v) is 4.69. The maximum Gasteiger partial charge on any atom is 0.282 e. The minimum atomic E-state index is -0.715. The summed E-state index contributed by atoms with van der Waals surface area (Å²) in [6, 6.07) is 10.8. The third-order valence-corrected chi connectivity index (χ3v) is 3.17. The summed E-state index contributed by atoms with van der Waals surface area (Å²) in [5, 5.41) is 0. The molecule has 6 nitrogen and oxygen atoms in total. The number of carbonyl (C=O) groups excluding carboxylic acids is 1. The van der Waals surface area contributed by atoms with Crippen LogP contribution in [0.3, 0.4) is 0 Å². The fourth-order valence-corrected chi connectivity index (χ4v) is 1.99. The van der Waals surface area contributed by atoms with Crippen molar-refractivity contribution in [3.8, 4) is 11.5 Å². The molecule has 1 atom stereocenters. The standard InChI is InChI=1S/C16H15N3O3/c1-11(12-6-8-17-9-7-12)18-19-16(20)15-10-21-13-4-2-3-5-14(13)22-15/h2-9,15,18H,1,10H2,(H,19,20)/t15-/m0/s1. The van der Waals surface area contributed by atoms with Gasteiger partial charge in [-0.2, -0.15) is 0 Å². The van der Waals surface area contributed by atoms with Crippen LogP contribution in [0.1, 0.15) is 5.56 Å². The normalized spacial score (nSPS) is 15.7. The summed E-state index contributed by atoms with van der Waals surface area (Å²) in [6.07, 6.45) is 2.59. The van der Waals surface area contributed by atoms with Crippen molar-refractivity contribution in [1.82, 2.24) is 15.8 Å². The van der Waals surface area contributed by atoms with Gasteiger partial charge in [0, 0.05) is 18.0 Å². The van der Waals surface area contributed by atoms with Crippen LogP contribution in [0.15, 0.2) is 55.4 Å². The van der Waals surface area contributed by atoms with Gasteiger partial charge in [0.15, 0.2) is 11.5 Å². The van der Waals surface area contributed by atoms with Crippen molar-refractivity contribution in [1.29, 1.82) is 0 Å². The van der Waals surface area contributed by atoms with Gasteiger partial charge in [0.25, 0.3) is 5.91 Å². The van der Waals surface area contributed by atoms with Gasteiger partial charge in [0.1, 0.15) is 6.61 Å². The maximum absolute atomic E-state index is 12.1. The molecule has 0 unspecified atom stereocenters. The average Bonchev–Trinajstić information content (AvgIpc) is 2.59. The highest BCUT2D eigenvalue weighted by atomic mass is 16.6. The van der Waals surface area contributed by atoms with Crippen LogP contribution in [-0.4, -0.2) is 23.6 Å². The second-order valence-electron chi connectivity index (χ2n) is 4.69. The zero-order valence-electron chi connectivity index (χ0n) is 11.8. The first kappa shape index (κ1) is 13.9. The largest absolute Gasteiger partial charge is 0.485 e. The van der Waals surface area contributed by atoms with Crippen molar-refractivity contribution in [2.45, 2.75) is 6.10 Å². The Morgan fingerprint density at radius 3 is 2.64 bits per heavy atom. The molecule has 0 saturated heterocycles. The monoisotopic (exact) mass is 297 g/mol. The molecule has 1 amide bonds. The van der Waals surface area contributed by atoms with E-state index in [4.69, 9.17) is 9.47 Å². The molecule has 0 bridgehead atoms. The second kappa shape index (κ2) is 6.17. The van der Waals surface area contributed by atoms with Gasteiger partial charge in [-0.1, -0.05) is 18.7 Å². The minimum Gasteiger partial charge on any atom is -0.485 e. The third-order valence-electron chi connectivity index (χ3n) is 3.17. The van der Waals surface area contributed by atoms with Crippen molar-refractivity contribution < 1.29 is 14.3 Å². The van der Waals surface area contributed by atoms with E-state index in [1.54, 1.807) is 36.7 Å². The predicted octanol–water partition coefficient (Wildman–Crippen LogP) is 1.51. The fraction of sp³-hybridized carbons (Fsp3) is 0.125. The fourth-order valence-electron chi connectivity index (χ4n) is 1.99. The lowest BCUT2D eigenvalue weighted by molar-refractivity contribution is -0.131. The molecule has 2 aromatic rings. The molecule has 1 aliphatic rings. The number of benzene rings is 1. The van der Waals surface area contributed by atoms with Crippen molar-refractivity contribution in [2.75, 3.05) is 6.61 Å². The van der Waals surface area contributed by atoms with Crippen LogP contribution in [0.2, 0.25) is 0 Å². The number of ether oxygens (including phenoxy) is 2. The number of hydrogen-bond acceptors (Lipinski definition) is 5. The predicted molar refractivity (Wildman–Crippen MR) is 80.9 cm³/mol. The van der Waals surface area contributed by atoms with E-state index in [0.29, 0.717) is 17.2 Å². The summed E-state index contributed by atoms with van der Waals surface area (Å²) >= 11 is 0. The quantitative estimate of drug-likeness (QED) is 0.837. The first-order valence-corrected chi connectivity index (χ1v) is 6.77. The molecule has 0 aliphatic carbocycles. The molecule has 0 fully saturated rings. The molecular formula is C16H15N3O3. The molecule has 0 saturated carbocycles. The van der Waals surface area contributed by atoms with E-state index in [2.05, 4.69) is 22.4 Å². The number of nitrogens with zero attached hydrogens (tertiary/aromatic N) is 1. The van der Waals surface area contributed by atoms with E-state index >= 15 is 0 Å². The van der Waals surface area contributed by atoms with Crippen LogP contribution in [-0.2, 0) is 4.79 Å². The molecule has 0 radical (unpaired) electrons.